The Bertz CT molecular complexity index is 432. The van der Waals surface area contributed by atoms with E-state index in [9.17, 15) is 0 Å². The number of aryl methyl sites for hydroxylation is 1. The molecule has 2 rings (SSSR count). The number of nitrogens with zero attached hydrogens (tertiary/aromatic N) is 2. The first kappa shape index (κ1) is 15.6. The monoisotopic (exact) mass is 293 g/mol. The third-order valence-electron chi connectivity index (χ3n) is 3.47. The fraction of sp³-hybridized carbons (Fsp3) is 0.688. The van der Waals surface area contributed by atoms with Gasteiger partial charge in [-0.05, 0) is 45.9 Å². The van der Waals surface area contributed by atoms with Crippen LogP contribution in [0.2, 0.25) is 0 Å². The molecule has 1 aromatic heterocycles. The summed E-state index contributed by atoms with van der Waals surface area (Å²) in [7, 11) is 0. The lowest BCUT2D eigenvalue weighted by molar-refractivity contribution is 0.424. The van der Waals surface area contributed by atoms with Crippen molar-refractivity contribution in [2.45, 2.75) is 46.2 Å². The SMILES string of the molecule is Cc1cc(N2CCCSCC2)c(CNC(C)(C)C)cn1. The average molecular weight is 293 g/mol. The van der Waals surface area contributed by atoms with Crippen LogP contribution in [0.25, 0.3) is 0 Å². The highest BCUT2D eigenvalue weighted by atomic mass is 32.2. The van der Waals surface area contributed by atoms with Crippen LogP contribution in [0.5, 0.6) is 0 Å². The number of rotatable bonds is 3. The first-order valence-electron chi connectivity index (χ1n) is 7.49. The van der Waals surface area contributed by atoms with E-state index in [1.165, 1.54) is 35.7 Å². The van der Waals surface area contributed by atoms with E-state index in [4.69, 9.17) is 0 Å². The molecule has 0 aromatic carbocycles. The van der Waals surface area contributed by atoms with E-state index < -0.39 is 0 Å². The predicted molar refractivity (Wildman–Crippen MR) is 89.7 cm³/mol. The molecular weight excluding hydrogens is 266 g/mol. The minimum Gasteiger partial charge on any atom is -0.370 e. The first-order chi connectivity index (χ1) is 9.46. The Balaban J connectivity index is 2.18. The Morgan fingerprint density at radius 2 is 2.10 bits per heavy atom. The molecule has 1 fully saturated rings. The molecule has 1 aliphatic heterocycles. The van der Waals surface area contributed by atoms with Crippen molar-refractivity contribution >= 4 is 17.4 Å². The van der Waals surface area contributed by atoms with Crippen molar-refractivity contribution in [1.82, 2.24) is 10.3 Å². The van der Waals surface area contributed by atoms with Crippen molar-refractivity contribution in [2.24, 2.45) is 0 Å². The topological polar surface area (TPSA) is 28.2 Å². The summed E-state index contributed by atoms with van der Waals surface area (Å²) < 4.78 is 0. The van der Waals surface area contributed by atoms with Gasteiger partial charge in [-0.1, -0.05) is 0 Å². The van der Waals surface area contributed by atoms with Gasteiger partial charge in [0.2, 0.25) is 0 Å². The Kier molecular flexibility index (Phi) is 5.33. The molecule has 0 saturated carbocycles. The largest absolute Gasteiger partial charge is 0.370 e. The van der Waals surface area contributed by atoms with Crippen molar-refractivity contribution in [3.05, 3.63) is 23.5 Å². The van der Waals surface area contributed by atoms with Crippen LogP contribution in [0.15, 0.2) is 12.3 Å². The summed E-state index contributed by atoms with van der Waals surface area (Å²) in [6.07, 6.45) is 3.32. The molecule has 20 heavy (non-hydrogen) atoms. The summed E-state index contributed by atoms with van der Waals surface area (Å²) in [6.45, 7) is 11.9. The van der Waals surface area contributed by atoms with Gasteiger partial charge in [-0.15, -0.1) is 0 Å². The van der Waals surface area contributed by atoms with E-state index in [1.807, 2.05) is 6.20 Å². The van der Waals surface area contributed by atoms with Gasteiger partial charge in [0.05, 0.1) is 0 Å². The van der Waals surface area contributed by atoms with Gasteiger partial charge >= 0.3 is 0 Å². The summed E-state index contributed by atoms with van der Waals surface area (Å²) in [4.78, 5) is 7.02. The quantitative estimate of drug-likeness (QED) is 0.926. The van der Waals surface area contributed by atoms with E-state index in [2.05, 4.69) is 60.7 Å². The third kappa shape index (κ3) is 4.67. The number of hydrogen-bond acceptors (Lipinski definition) is 4. The molecule has 0 aliphatic carbocycles. The van der Waals surface area contributed by atoms with Gasteiger partial charge in [-0.25, -0.2) is 0 Å². The molecule has 0 atom stereocenters. The van der Waals surface area contributed by atoms with Crippen molar-refractivity contribution in [1.29, 1.82) is 0 Å². The lowest BCUT2D eigenvalue weighted by atomic mass is 10.1. The lowest BCUT2D eigenvalue weighted by Gasteiger charge is -2.27. The summed E-state index contributed by atoms with van der Waals surface area (Å²) >= 11 is 2.07. The highest BCUT2D eigenvalue weighted by Gasteiger charge is 2.16. The highest BCUT2D eigenvalue weighted by molar-refractivity contribution is 7.99. The summed E-state index contributed by atoms with van der Waals surface area (Å²) in [5, 5.41) is 3.58. The molecule has 0 unspecified atom stereocenters. The van der Waals surface area contributed by atoms with Crippen LogP contribution in [0.1, 0.15) is 38.4 Å². The number of nitrogens with one attached hydrogen (secondary N) is 1. The number of pyridine rings is 1. The van der Waals surface area contributed by atoms with Crippen molar-refractivity contribution in [3.8, 4) is 0 Å². The smallest absolute Gasteiger partial charge is 0.0445 e. The van der Waals surface area contributed by atoms with Crippen molar-refractivity contribution in [3.63, 3.8) is 0 Å². The molecule has 4 heteroatoms. The van der Waals surface area contributed by atoms with E-state index in [0.717, 1.165) is 18.8 Å². The fourth-order valence-corrected chi connectivity index (χ4v) is 3.24. The summed E-state index contributed by atoms with van der Waals surface area (Å²) in [6, 6.07) is 2.25. The molecule has 0 radical (unpaired) electrons. The number of aromatic nitrogens is 1. The molecule has 3 nitrogen and oxygen atoms in total. The van der Waals surface area contributed by atoms with Gasteiger partial charge in [0, 0.05) is 54.1 Å². The molecule has 1 aromatic rings. The first-order valence-corrected chi connectivity index (χ1v) is 8.64. The van der Waals surface area contributed by atoms with Gasteiger partial charge in [0.15, 0.2) is 0 Å². The summed E-state index contributed by atoms with van der Waals surface area (Å²) in [5.41, 5.74) is 3.93. The van der Waals surface area contributed by atoms with Gasteiger partial charge < -0.3 is 10.2 Å². The van der Waals surface area contributed by atoms with Crippen molar-refractivity contribution in [2.75, 3.05) is 29.5 Å². The van der Waals surface area contributed by atoms with Crippen LogP contribution < -0.4 is 10.2 Å². The molecule has 1 N–H and O–H groups in total. The second-order valence-corrected chi connectivity index (χ2v) is 7.74. The second kappa shape index (κ2) is 6.81. The maximum Gasteiger partial charge on any atom is 0.0445 e. The molecule has 2 heterocycles. The van der Waals surface area contributed by atoms with E-state index in [1.54, 1.807) is 0 Å². The lowest BCUT2D eigenvalue weighted by Crippen LogP contribution is -2.36. The van der Waals surface area contributed by atoms with Crippen LogP contribution in [-0.2, 0) is 6.54 Å². The van der Waals surface area contributed by atoms with Crippen LogP contribution in [0, 0.1) is 6.92 Å². The predicted octanol–water partition coefficient (Wildman–Crippen LogP) is 3.22. The zero-order valence-electron chi connectivity index (χ0n) is 13.2. The highest BCUT2D eigenvalue weighted by Crippen LogP contribution is 2.24. The van der Waals surface area contributed by atoms with E-state index >= 15 is 0 Å². The maximum absolute atomic E-state index is 4.49. The van der Waals surface area contributed by atoms with Gasteiger partial charge in [0.25, 0.3) is 0 Å². The minimum atomic E-state index is 0.136. The van der Waals surface area contributed by atoms with E-state index in [-0.39, 0.29) is 5.54 Å². The van der Waals surface area contributed by atoms with Crippen LogP contribution in [0.3, 0.4) is 0 Å². The normalized spacial score (nSPS) is 17.1. The third-order valence-corrected chi connectivity index (χ3v) is 4.52. The Morgan fingerprint density at radius 1 is 1.30 bits per heavy atom. The average Bonchev–Trinajstić information content (AvgIpc) is 2.65. The zero-order chi connectivity index (χ0) is 14.6. The Morgan fingerprint density at radius 3 is 2.85 bits per heavy atom. The molecule has 0 bridgehead atoms. The maximum atomic E-state index is 4.49. The molecule has 1 saturated heterocycles. The number of thioether (sulfide) groups is 1. The van der Waals surface area contributed by atoms with Crippen LogP contribution in [0.4, 0.5) is 5.69 Å². The van der Waals surface area contributed by atoms with Gasteiger partial charge in [-0.3, -0.25) is 4.98 Å². The second-order valence-electron chi connectivity index (χ2n) is 6.51. The zero-order valence-corrected chi connectivity index (χ0v) is 14.0. The molecule has 0 amide bonds. The molecular formula is C16H27N3S. The van der Waals surface area contributed by atoms with Gasteiger partial charge in [0.1, 0.15) is 0 Å². The minimum absolute atomic E-state index is 0.136. The Labute approximate surface area is 127 Å². The fourth-order valence-electron chi connectivity index (χ4n) is 2.35. The molecule has 112 valence electrons. The number of hydrogen-bond donors (Lipinski definition) is 1. The standard InChI is InChI=1S/C16H27N3S/c1-13-10-15(19-6-5-8-20-9-7-19)14(11-17-13)12-18-16(2,3)4/h10-11,18H,5-9,12H2,1-4H3. The van der Waals surface area contributed by atoms with E-state index in [0.29, 0.717) is 0 Å². The summed E-state index contributed by atoms with van der Waals surface area (Å²) in [5.74, 6) is 2.52. The van der Waals surface area contributed by atoms with Crippen LogP contribution >= 0.6 is 11.8 Å². The molecule has 1 aliphatic rings. The van der Waals surface area contributed by atoms with Crippen molar-refractivity contribution < 1.29 is 0 Å². The molecule has 0 spiro atoms. The van der Waals surface area contributed by atoms with Crippen LogP contribution in [-0.4, -0.2) is 35.1 Å². The van der Waals surface area contributed by atoms with Gasteiger partial charge in [-0.2, -0.15) is 11.8 Å². The number of anilines is 1. The Hall–Kier alpha value is -0.740.